The van der Waals surface area contributed by atoms with Gasteiger partial charge >= 0.3 is 0 Å². The number of anilines is 1. The van der Waals surface area contributed by atoms with Gasteiger partial charge in [0.15, 0.2) is 0 Å². The number of hydrogen-bond acceptors (Lipinski definition) is 5. The topological polar surface area (TPSA) is 63.2 Å². The zero-order valence-electron chi connectivity index (χ0n) is 18.2. The fraction of sp³-hybridized carbons (Fsp3) is 0.652. The van der Waals surface area contributed by atoms with Gasteiger partial charge in [0.05, 0.1) is 5.69 Å². The number of pyridine rings is 1. The summed E-state index contributed by atoms with van der Waals surface area (Å²) in [7, 11) is 2.24. The second-order valence-corrected chi connectivity index (χ2v) is 9.76. The van der Waals surface area contributed by atoms with E-state index in [9.17, 15) is 0 Å². The third-order valence-corrected chi connectivity index (χ3v) is 7.44. The molecular weight excluding hydrogens is 360 g/mol. The lowest BCUT2D eigenvalue weighted by molar-refractivity contribution is 0.105. The van der Waals surface area contributed by atoms with Crippen LogP contribution in [0.25, 0.3) is 11.3 Å². The number of piperazine rings is 1. The number of fused-ring (bicyclic) bond motifs is 1. The van der Waals surface area contributed by atoms with Crippen molar-refractivity contribution in [1.29, 1.82) is 0 Å². The molecular formula is C23H34N6. The Morgan fingerprint density at radius 3 is 2.41 bits per heavy atom. The summed E-state index contributed by atoms with van der Waals surface area (Å²) in [6, 6.07) is 3.54. The highest BCUT2D eigenvalue weighted by molar-refractivity contribution is 5.61. The maximum atomic E-state index is 5.91. The number of imidazole rings is 1. The van der Waals surface area contributed by atoms with Gasteiger partial charge in [-0.1, -0.05) is 13.8 Å². The molecule has 1 aliphatic heterocycles. The van der Waals surface area contributed by atoms with Crippen LogP contribution in [0.4, 0.5) is 5.82 Å². The number of likely N-dealkylation sites (N-methyl/N-ethyl adjacent to an activating group) is 1. The summed E-state index contributed by atoms with van der Waals surface area (Å²) in [5.74, 6) is 3.88. The van der Waals surface area contributed by atoms with E-state index in [1.165, 1.54) is 44.8 Å². The van der Waals surface area contributed by atoms with Crippen LogP contribution in [0.15, 0.2) is 18.5 Å². The maximum Gasteiger partial charge on any atom is 0.126 e. The average molecular weight is 395 g/mol. The van der Waals surface area contributed by atoms with Crippen molar-refractivity contribution in [2.24, 2.45) is 11.8 Å². The molecule has 6 nitrogen and oxygen atoms in total. The van der Waals surface area contributed by atoms with Crippen LogP contribution in [0.3, 0.4) is 0 Å². The molecule has 3 fully saturated rings. The van der Waals surface area contributed by atoms with E-state index in [0.717, 1.165) is 34.7 Å². The summed E-state index contributed by atoms with van der Waals surface area (Å²) in [5.41, 5.74) is 9.02. The average Bonchev–Trinajstić information content (AvgIpc) is 3.06. The minimum atomic E-state index is 0.418. The van der Waals surface area contributed by atoms with Crippen LogP contribution < -0.4 is 5.73 Å². The monoisotopic (exact) mass is 394 g/mol. The Labute approximate surface area is 174 Å². The molecule has 2 saturated carbocycles. The molecule has 2 N–H and O–H groups in total. The molecule has 6 heteroatoms. The molecule has 0 amide bonds. The molecule has 2 aromatic rings. The third kappa shape index (κ3) is 3.36. The Morgan fingerprint density at radius 1 is 1.10 bits per heavy atom. The summed E-state index contributed by atoms with van der Waals surface area (Å²) in [4.78, 5) is 14.6. The van der Waals surface area contributed by atoms with Crippen LogP contribution in [0.5, 0.6) is 0 Å². The van der Waals surface area contributed by atoms with Crippen LogP contribution in [0.2, 0.25) is 0 Å². The number of nitrogen functional groups attached to an aromatic ring is 1. The highest BCUT2D eigenvalue weighted by Gasteiger charge is 2.58. The van der Waals surface area contributed by atoms with Gasteiger partial charge in [-0.2, -0.15) is 0 Å². The van der Waals surface area contributed by atoms with Crippen molar-refractivity contribution < 1.29 is 0 Å². The Morgan fingerprint density at radius 2 is 1.79 bits per heavy atom. The molecule has 5 rings (SSSR count). The van der Waals surface area contributed by atoms with Gasteiger partial charge < -0.3 is 15.2 Å². The first-order valence-electron chi connectivity index (χ1n) is 11.2. The largest absolute Gasteiger partial charge is 0.383 e. The predicted molar refractivity (Wildman–Crippen MR) is 117 cm³/mol. The zero-order valence-corrected chi connectivity index (χ0v) is 18.2. The Hall–Kier alpha value is -1.92. The Balaban J connectivity index is 1.33. The molecule has 1 saturated heterocycles. The molecule has 0 bridgehead atoms. The lowest BCUT2D eigenvalue weighted by atomic mass is 10.1. The molecule has 1 unspecified atom stereocenters. The van der Waals surface area contributed by atoms with Crippen LogP contribution in [0.1, 0.15) is 50.0 Å². The standard InChI is InChI=1S/C23H34N6/c1-14(2)23-26-20(16-9-15(3)22(24)25-12-16)13-29(23)21-18-10-17(11-19(18)21)28-7-5-27(4)6-8-28/h9,12-14,17-19,21H,5-8,10-11H2,1-4H3,(H2,24,25)/t17?,18-,19+,21+. The summed E-state index contributed by atoms with van der Waals surface area (Å²) in [6.45, 7) is 11.4. The zero-order chi connectivity index (χ0) is 20.3. The number of aryl methyl sites for hydroxylation is 1. The van der Waals surface area contributed by atoms with Crippen molar-refractivity contribution in [3.63, 3.8) is 0 Å². The van der Waals surface area contributed by atoms with Crippen molar-refractivity contribution >= 4 is 5.82 Å². The molecule has 0 aromatic carbocycles. The fourth-order valence-corrected chi connectivity index (χ4v) is 5.61. The third-order valence-electron chi connectivity index (χ3n) is 7.44. The first-order chi connectivity index (χ1) is 13.9. The van der Waals surface area contributed by atoms with Gasteiger partial charge in [0.2, 0.25) is 0 Å². The van der Waals surface area contributed by atoms with E-state index in [1.54, 1.807) is 0 Å². The molecule has 3 heterocycles. The highest BCUT2D eigenvalue weighted by atomic mass is 15.3. The highest BCUT2D eigenvalue weighted by Crippen LogP contribution is 2.62. The van der Waals surface area contributed by atoms with Crippen molar-refractivity contribution in [3.8, 4) is 11.3 Å². The first kappa shape index (κ1) is 19.1. The SMILES string of the molecule is Cc1cc(-c2cn([C@H]3[C@@H]4CC(N5CCN(C)CC5)C[C@@H]43)c(C(C)C)n2)cnc1N. The van der Waals surface area contributed by atoms with Crippen molar-refractivity contribution in [2.45, 2.75) is 51.6 Å². The smallest absolute Gasteiger partial charge is 0.126 e. The van der Waals surface area contributed by atoms with Crippen LogP contribution in [0, 0.1) is 18.8 Å². The summed E-state index contributed by atoms with van der Waals surface area (Å²) in [6.07, 6.45) is 6.84. The second kappa shape index (κ2) is 7.10. The minimum absolute atomic E-state index is 0.418. The lowest BCUT2D eigenvalue weighted by Gasteiger charge is -2.37. The number of rotatable bonds is 4. The van der Waals surface area contributed by atoms with Gasteiger partial charge in [-0.25, -0.2) is 9.97 Å². The van der Waals surface area contributed by atoms with Gasteiger partial charge in [-0.05, 0) is 50.3 Å². The normalized spacial score (nSPS) is 30.1. The molecule has 3 aliphatic rings. The van der Waals surface area contributed by atoms with E-state index in [-0.39, 0.29) is 0 Å². The van der Waals surface area contributed by atoms with Crippen molar-refractivity contribution in [3.05, 3.63) is 29.8 Å². The van der Waals surface area contributed by atoms with Gasteiger partial charge in [-0.3, -0.25) is 4.90 Å². The Kier molecular flexibility index (Phi) is 4.67. The van der Waals surface area contributed by atoms with Gasteiger partial charge in [0.25, 0.3) is 0 Å². The Bertz CT molecular complexity index is 883. The van der Waals surface area contributed by atoms with E-state index >= 15 is 0 Å². The summed E-state index contributed by atoms with van der Waals surface area (Å²) < 4.78 is 2.50. The number of aromatic nitrogens is 3. The quantitative estimate of drug-likeness (QED) is 0.863. The lowest BCUT2D eigenvalue weighted by Crippen LogP contribution is -2.48. The van der Waals surface area contributed by atoms with Gasteiger partial charge in [-0.15, -0.1) is 0 Å². The number of nitrogens with zero attached hydrogens (tertiary/aromatic N) is 5. The molecule has 2 aliphatic carbocycles. The van der Waals surface area contributed by atoms with Crippen LogP contribution >= 0.6 is 0 Å². The van der Waals surface area contributed by atoms with Crippen molar-refractivity contribution in [1.82, 2.24) is 24.3 Å². The van der Waals surface area contributed by atoms with Gasteiger partial charge in [0, 0.05) is 62.1 Å². The molecule has 0 spiro atoms. The molecule has 156 valence electrons. The van der Waals surface area contributed by atoms with E-state index < -0.39 is 0 Å². The minimum Gasteiger partial charge on any atom is -0.383 e. The number of nitrogens with two attached hydrogens (primary N) is 1. The van der Waals surface area contributed by atoms with E-state index in [0.29, 0.717) is 17.8 Å². The molecule has 29 heavy (non-hydrogen) atoms. The molecule has 4 atom stereocenters. The first-order valence-corrected chi connectivity index (χ1v) is 11.2. The van der Waals surface area contributed by atoms with E-state index in [4.69, 9.17) is 10.7 Å². The van der Waals surface area contributed by atoms with Crippen LogP contribution in [-0.4, -0.2) is 63.6 Å². The fourth-order valence-electron chi connectivity index (χ4n) is 5.61. The maximum absolute atomic E-state index is 5.91. The predicted octanol–water partition coefficient (Wildman–Crippen LogP) is 3.16. The molecule has 0 radical (unpaired) electrons. The summed E-state index contributed by atoms with van der Waals surface area (Å²) >= 11 is 0. The van der Waals surface area contributed by atoms with Crippen LogP contribution in [-0.2, 0) is 0 Å². The van der Waals surface area contributed by atoms with Crippen molar-refractivity contribution in [2.75, 3.05) is 39.0 Å². The second-order valence-electron chi connectivity index (χ2n) is 9.76. The molecule has 2 aromatic heterocycles. The van der Waals surface area contributed by atoms with E-state index in [1.807, 2.05) is 13.1 Å². The van der Waals surface area contributed by atoms with E-state index in [2.05, 4.69) is 52.5 Å². The number of hydrogen-bond donors (Lipinski definition) is 1. The van der Waals surface area contributed by atoms with Gasteiger partial charge in [0.1, 0.15) is 11.6 Å². The summed E-state index contributed by atoms with van der Waals surface area (Å²) in [5, 5.41) is 0.